The highest BCUT2D eigenvalue weighted by Crippen LogP contribution is 2.30. The third-order valence-electron chi connectivity index (χ3n) is 4.99. The molecule has 2 aromatic carbocycles. The van der Waals surface area contributed by atoms with Gasteiger partial charge in [-0.05, 0) is 55.3 Å². The van der Waals surface area contributed by atoms with E-state index in [-0.39, 0.29) is 18.0 Å². The predicted molar refractivity (Wildman–Crippen MR) is 112 cm³/mol. The lowest BCUT2D eigenvalue weighted by molar-refractivity contribution is 0.102. The molecule has 3 amide bonds. The van der Waals surface area contributed by atoms with E-state index < -0.39 is 0 Å². The number of urea groups is 1. The number of carbonyl (C=O) groups excluding carboxylic acids is 2. The lowest BCUT2D eigenvalue weighted by Gasteiger charge is -2.23. The first-order valence-electron chi connectivity index (χ1n) is 9.68. The van der Waals surface area contributed by atoms with E-state index in [9.17, 15) is 9.59 Å². The fraction of sp³-hybridized carbons (Fsp3) is 0.174. The number of amides is 3. The number of rotatable bonds is 4. The molecule has 1 aliphatic carbocycles. The van der Waals surface area contributed by atoms with Crippen LogP contribution in [0.5, 0.6) is 0 Å². The van der Waals surface area contributed by atoms with Crippen LogP contribution in [0, 0.1) is 11.3 Å². The van der Waals surface area contributed by atoms with Crippen molar-refractivity contribution in [1.29, 1.82) is 5.26 Å². The summed E-state index contributed by atoms with van der Waals surface area (Å²) in [6.07, 6.45) is 4.34. The smallest absolute Gasteiger partial charge is 0.319 e. The molecule has 7 heteroatoms. The minimum atomic E-state index is -0.340. The van der Waals surface area contributed by atoms with Crippen LogP contribution in [0.3, 0.4) is 0 Å². The van der Waals surface area contributed by atoms with E-state index in [2.05, 4.69) is 16.0 Å². The summed E-state index contributed by atoms with van der Waals surface area (Å²) in [7, 11) is 0. The van der Waals surface area contributed by atoms with E-state index in [1.54, 1.807) is 54.8 Å². The molecule has 1 unspecified atom stereocenters. The zero-order valence-corrected chi connectivity index (χ0v) is 16.1. The van der Waals surface area contributed by atoms with E-state index >= 15 is 0 Å². The summed E-state index contributed by atoms with van der Waals surface area (Å²) >= 11 is 0. The van der Waals surface area contributed by atoms with Gasteiger partial charge in [-0.15, -0.1) is 0 Å². The van der Waals surface area contributed by atoms with Crippen LogP contribution in [0.25, 0.3) is 0 Å². The molecule has 150 valence electrons. The van der Waals surface area contributed by atoms with Crippen molar-refractivity contribution in [2.24, 2.45) is 0 Å². The Morgan fingerprint density at radius 1 is 1.03 bits per heavy atom. The Morgan fingerprint density at radius 3 is 2.67 bits per heavy atom. The SMILES string of the molecule is N#Cc1cccc(NC(=O)c2cccc(NC(=O)NC3CCCc4occc43)c2)c1. The molecule has 1 heterocycles. The lowest BCUT2D eigenvalue weighted by atomic mass is 9.93. The van der Waals surface area contributed by atoms with Crippen LogP contribution in [0.15, 0.2) is 65.3 Å². The number of benzene rings is 2. The molecule has 1 aromatic heterocycles. The molecule has 3 aromatic rings. The molecule has 0 fully saturated rings. The normalized spacial score (nSPS) is 14.8. The Balaban J connectivity index is 1.40. The molecule has 0 aliphatic heterocycles. The van der Waals surface area contributed by atoms with Crippen LogP contribution in [0.2, 0.25) is 0 Å². The highest BCUT2D eigenvalue weighted by atomic mass is 16.3. The summed E-state index contributed by atoms with van der Waals surface area (Å²) in [4.78, 5) is 25.0. The summed E-state index contributed by atoms with van der Waals surface area (Å²) in [5.74, 6) is 0.593. The number of aryl methyl sites for hydroxylation is 1. The van der Waals surface area contributed by atoms with Crippen molar-refractivity contribution < 1.29 is 14.0 Å². The molecular weight excluding hydrogens is 380 g/mol. The molecule has 0 saturated heterocycles. The number of furan rings is 1. The molecular formula is C23H20N4O3. The van der Waals surface area contributed by atoms with Gasteiger partial charge in [-0.25, -0.2) is 4.79 Å². The maximum absolute atomic E-state index is 12.5. The maximum Gasteiger partial charge on any atom is 0.319 e. The van der Waals surface area contributed by atoms with Gasteiger partial charge in [-0.3, -0.25) is 4.79 Å². The Kier molecular flexibility index (Phi) is 5.48. The molecule has 30 heavy (non-hydrogen) atoms. The second-order valence-electron chi connectivity index (χ2n) is 7.07. The van der Waals surface area contributed by atoms with Crippen LogP contribution >= 0.6 is 0 Å². The van der Waals surface area contributed by atoms with Gasteiger partial charge < -0.3 is 20.4 Å². The highest BCUT2D eigenvalue weighted by Gasteiger charge is 2.24. The van der Waals surface area contributed by atoms with Gasteiger partial charge >= 0.3 is 6.03 Å². The van der Waals surface area contributed by atoms with Crippen LogP contribution in [0.4, 0.5) is 16.2 Å². The second kappa shape index (κ2) is 8.53. The minimum Gasteiger partial charge on any atom is -0.469 e. The maximum atomic E-state index is 12.5. The van der Waals surface area contributed by atoms with Crippen LogP contribution < -0.4 is 16.0 Å². The van der Waals surface area contributed by atoms with Crippen molar-refractivity contribution >= 4 is 23.3 Å². The topological polar surface area (TPSA) is 107 Å². The van der Waals surface area contributed by atoms with Crippen molar-refractivity contribution in [3.8, 4) is 6.07 Å². The highest BCUT2D eigenvalue weighted by molar-refractivity contribution is 6.05. The molecule has 0 radical (unpaired) electrons. The van der Waals surface area contributed by atoms with Crippen LogP contribution in [-0.2, 0) is 6.42 Å². The third kappa shape index (κ3) is 4.33. The largest absolute Gasteiger partial charge is 0.469 e. The van der Waals surface area contributed by atoms with Crippen molar-refractivity contribution in [1.82, 2.24) is 5.32 Å². The van der Waals surface area contributed by atoms with Gasteiger partial charge in [0.05, 0.1) is 23.9 Å². The third-order valence-corrected chi connectivity index (χ3v) is 4.99. The number of carbonyl (C=O) groups is 2. The molecule has 4 rings (SSSR count). The fourth-order valence-electron chi connectivity index (χ4n) is 3.57. The molecule has 3 N–H and O–H groups in total. The van der Waals surface area contributed by atoms with Gasteiger partial charge in [-0.1, -0.05) is 12.1 Å². The van der Waals surface area contributed by atoms with Gasteiger partial charge in [-0.2, -0.15) is 5.26 Å². The average molecular weight is 400 g/mol. The number of nitriles is 1. The summed E-state index contributed by atoms with van der Waals surface area (Å²) in [5, 5.41) is 17.5. The molecule has 0 bridgehead atoms. The van der Waals surface area contributed by atoms with Gasteiger partial charge in [0, 0.05) is 28.9 Å². The number of anilines is 2. The zero-order valence-electron chi connectivity index (χ0n) is 16.1. The molecule has 0 spiro atoms. The first-order chi connectivity index (χ1) is 14.6. The van der Waals surface area contributed by atoms with E-state index in [1.807, 2.05) is 12.1 Å². The fourth-order valence-corrected chi connectivity index (χ4v) is 3.57. The molecule has 7 nitrogen and oxygen atoms in total. The average Bonchev–Trinajstić information content (AvgIpc) is 3.24. The number of nitrogens with zero attached hydrogens (tertiary/aromatic N) is 1. The van der Waals surface area contributed by atoms with Gasteiger partial charge in [0.2, 0.25) is 0 Å². The van der Waals surface area contributed by atoms with E-state index in [0.717, 1.165) is 30.6 Å². The monoisotopic (exact) mass is 400 g/mol. The minimum absolute atomic E-state index is 0.0913. The van der Waals surface area contributed by atoms with E-state index in [0.29, 0.717) is 22.5 Å². The Labute approximate surface area is 173 Å². The lowest BCUT2D eigenvalue weighted by Crippen LogP contribution is -2.34. The number of fused-ring (bicyclic) bond motifs is 1. The predicted octanol–water partition coefficient (Wildman–Crippen LogP) is 4.60. The van der Waals surface area contributed by atoms with Gasteiger partial charge in [0.25, 0.3) is 5.91 Å². The van der Waals surface area contributed by atoms with E-state index in [1.165, 1.54) is 0 Å². The molecule has 1 atom stereocenters. The van der Waals surface area contributed by atoms with Crippen LogP contribution in [0.1, 0.15) is 46.1 Å². The van der Waals surface area contributed by atoms with E-state index in [4.69, 9.17) is 9.68 Å². The van der Waals surface area contributed by atoms with Crippen molar-refractivity contribution in [2.75, 3.05) is 10.6 Å². The zero-order chi connectivity index (χ0) is 20.9. The first-order valence-corrected chi connectivity index (χ1v) is 9.68. The molecule has 1 aliphatic rings. The van der Waals surface area contributed by atoms with Crippen molar-refractivity contribution in [3.05, 3.63) is 83.3 Å². The Bertz CT molecular complexity index is 1130. The summed E-state index contributed by atoms with van der Waals surface area (Å²) < 4.78 is 5.46. The number of nitrogens with one attached hydrogen (secondary N) is 3. The van der Waals surface area contributed by atoms with Crippen molar-refractivity contribution in [3.63, 3.8) is 0 Å². The quantitative estimate of drug-likeness (QED) is 0.595. The number of hydrogen-bond acceptors (Lipinski definition) is 4. The Morgan fingerprint density at radius 2 is 1.83 bits per heavy atom. The summed E-state index contributed by atoms with van der Waals surface area (Å²) in [6, 6.07) is 16.9. The van der Waals surface area contributed by atoms with Crippen molar-refractivity contribution in [2.45, 2.75) is 25.3 Å². The summed E-state index contributed by atoms with van der Waals surface area (Å²) in [5.41, 5.74) is 2.91. The first kappa shape index (κ1) is 19.3. The standard InChI is InChI=1S/C23H20N4O3/c24-14-15-4-1-6-17(12-15)25-22(28)16-5-2-7-18(13-16)26-23(29)27-20-8-3-9-21-19(20)10-11-30-21/h1-2,4-7,10-13,20H,3,8-9H2,(H,25,28)(H2,26,27,29). The summed E-state index contributed by atoms with van der Waals surface area (Å²) in [6.45, 7) is 0. The van der Waals surface area contributed by atoms with Crippen LogP contribution in [-0.4, -0.2) is 11.9 Å². The second-order valence-corrected chi connectivity index (χ2v) is 7.07. The van der Waals surface area contributed by atoms with Gasteiger partial charge in [0.1, 0.15) is 5.76 Å². The molecule has 0 saturated carbocycles. The van der Waals surface area contributed by atoms with Gasteiger partial charge in [0.15, 0.2) is 0 Å². The Hall–Kier alpha value is -4.05. The number of hydrogen-bond donors (Lipinski definition) is 3.